The summed E-state index contributed by atoms with van der Waals surface area (Å²) in [6.45, 7) is 7.06. The lowest BCUT2D eigenvalue weighted by Crippen LogP contribution is -2.19. The van der Waals surface area contributed by atoms with Gasteiger partial charge in [-0.05, 0) is 38.0 Å². The van der Waals surface area contributed by atoms with Gasteiger partial charge >= 0.3 is 0 Å². The minimum Gasteiger partial charge on any atom is -0.341 e. The lowest BCUT2D eigenvalue weighted by Gasteiger charge is -2.09. The van der Waals surface area contributed by atoms with E-state index in [0.717, 1.165) is 27.5 Å². The lowest BCUT2D eigenvalue weighted by atomic mass is 10.1. The van der Waals surface area contributed by atoms with Gasteiger partial charge < -0.3 is 10.3 Å². The monoisotopic (exact) mass is 325 g/mol. The highest BCUT2D eigenvalue weighted by Crippen LogP contribution is 2.20. The summed E-state index contributed by atoms with van der Waals surface area (Å²) in [5.74, 6) is 0.960. The molecule has 0 amide bonds. The number of rotatable bonds is 4. The number of hydrogen-bond donors (Lipinski definition) is 2. The molecule has 0 saturated heterocycles. The van der Waals surface area contributed by atoms with Crippen molar-refractivity contribution in [2.45, 2.75) is 33.4 Å². The summed E-state index contributed by atoms with van der Waals surface area (Å²) in [5.41, 5.74) is 5.74. The minimum absolute atomic E-state index is 0.179. The molecule has 0 radical (unpaired) electrons. The largest absolute Gasteiger partial charge is 0.341 e. The molecule has 0 spiro atoms. The summed E-state index contributed by atoms with van der Waals surface area (Å²) in [7, 11) is 0. The van der Waals surface area contributed by atoms with Gasteiger partial charge in [-0.15, -0.1) is 11.3 Å². The standard InChI is InChI=1S/C17H19N5S/c1-10-4-5-13-16(11(10)2)21-15(19-13)8-18-12(3)14-9-22-6-7-23-17(22)20-14/h4-7,9,12,18H,8H2,1-3H3,(H,19,21). The second-order valence-electron chi connectivity index (χ2n) is 5.95. The molecule has 1 unspecified atom stereocenters. The van der Waals surface area contributed by atoms with Crippen molar-refractivity contribution in [3.05, 3.63) is 52.6 Å². The average Bonchev–Trinajstić information content (AvgIpc) is 3.22. The molecule has 1 aromatic carbocycles. The number of thiazole rings is 1. The van der Waals surface area contributed by atoms with Gasteiger partial charge in [-0.3, -0.25) is 4.40 Å². The Morgan fingerprint density at radius 1 is 1.30 bits per heavy atom. The van der Waals surface area contributed by atoms with E-state index in [-0.39, 0.29) is 6.04 Å². The average molecular weight is 325 g/mol. The SMILES string of the molecule is Cc1ccc2[nH]c(CNC(C)c3cn4ccsc4n3)nc2c1C. The van der Waals surface area contributed by atoms with E-state index in [4.69, 9.17) is 4.98 Å². The number of imidazole rings is 2. The van der Waals surface area contributed by atoms with Crippen molar-refractivity contribution in [1.29, 1.82) is 0 Å². The molecule has 2 N–H and O–H groups in total. The fourth-order valence-corrected chi connectivity index (χ4v) is 3.46. The molecule has 0 bridgehead atoms. The van der Waals surface area contributed by atoms with Gasteiger partial charge in [0.2, 0.25) is 0 Å². The van der Waals surface area contributed by atoms with Crippen molar-refractivity contribution < 1.29 is 0 Å². The van der Waals surface area contributed by atoms with Gasteiger partial charge in [0.1, 0.15) is 5.82 Å². The molecule has 118 valence electrons. The van der Waals surface area contributed by atoms with Crippen LogP contribution in [0.3, 0.4) is 0 Å². The zero-order valence-electron chi connectivity index (χ0n) is 13.4. The van der Waals surface area contributed by atoms with Gasteiger partial charge in [-0.25, -0.2) is 9.97 Å². The number of aromatic nitrogens is 4. The highest BCUT2D eigenvalue weighted by Gasteiger charge is 2.12. The van der Waals surface area contributed by atoms with E-state index in [2.05, 4.69) is 58.8 Å². The third-order valence-electron chi connectivity index (χ3n) is 4.36. The zero-order chi connectivity index (χ0) is 16.0. The topological polar surface area (TPSA) is 58.0 Å². The third kappa shape index (κ3) is 2.54. The van der Waals surface area contributed by atoms with E-state index in [1.54, 1.807) is 11.3 Å². The van der Waals surface area contributed by atoms with Crippen LogP contribution >= 0.6 is 11.3 Å². The predicted octanol–water partition coefficient (Wildman–Crippen LogP) is 3.74. The van der Waals surface area contributed by atoms with E-state index >= 15 is 0 Å². The fraction of sp³-hybridized carbons (Fsp3) is 0.294. The van der Waals surface area contributed by atoms with Crippen LogP contribution in [0.4, 0.5) is 0 Å². The van der Waals surface area contributed by atoms with Crippen molar-refractivity contribution in [2.24, 2.45) is 0 Å². The van der Waals surface area contributed by atoms with Crippen LogP contribution in [0.1, 0.15) is 35.6 Å². The van der Waals surface area contributed by atoms with Crippen LogP contribution in [-0.2, 0) is 6.54 Å². The molecule has 0 aliphatic rings. The summed E-state index contributed by atoms with van der Waals surface area (Å²) < 4.78 is 2.06. The molecule has 23 heavy (non-hydrogen) atoms. The second-order valence-corrected chi connectivity index (χ2v) is 6.82. The fourth-order valence-electron chi connectivity index (χ4n) is 2.76. The van der Waals surface area contributed by atoms with E-state index in [1.807, 2.05) is 11.6 Å². The Balaban J connectivity index is 1.52. The Hall–Kier alpha value is -2.18. The predicted molar refractivity (Wildman–Crippen MR) is 93.9 cm³/mol. The van der Waals surface area contributed by atoms with E-state index < -0.39 is 0 Å². The molecule has 0 fully saturated rings. The first-order chi connectivity index (χ1) is 11.1. The molecule has 1 atom stereocenters. The maximum absolute atomic E-state index is 4.73. The number of H-pyrrole nitrogens is 1. The smallest absolute Gasteiger partial charge is 0.193 e. The molecule has 4 aromatic rings. The number of aryl methyl sites for hydroxylation is 2. The number of aromatic amines is 1. The summed E-state index contributed by atoms with van der Waals surface area (Å²) in [4.78, 5) is 13.8. The number of benzene rings is 1. The number of nitrogens with zero attached hydrogens (tertiary/aromatic N) is 3. The van der Waals surface area contributed by atoms with E-state index in [0.29, 0.717) is 6.54 Å². The van der Waals surface area contributed by atoms with Crippen molar-refractivity contribution in [3.63, 3.8) is 0 Å². The van der Waals surface area contributed by atoms with Crippen LogP contribution in [0.2, 0.25) is 0 Å². The lowest BCUT2D eigenvalue weighted by molar-refractivity contribution is 0.553. The van der Waals surface area contributed by atoms with E-state index in [1.165, 1.54) is 11.1 Å². The van der Waals surface area contributed by atoms with E-state index in [9.17, 15) is 0 Å². The van der Waals surface area contributed by atoms with Gasteiger partial charge in [0.25, 0.3) is 0 Å². The number of fused-ring (bicyclic) bond motifs is 2. The minimum atomic E-state index is 0.179. The molecule has 4 rings (SSSR count). The Morgan fingerprint density at radius 3 is 3.00 bits per heavy atom. The van der Waals surface area contributed by atoms with Crippen molar-refractivity contribution in [3.8, 4) is 0 Å². The first-order valence-electron chi connectivity index (χ1n) is 7.72. The highest BCUT2D eigenvalue weighted by molar-refractivity contribution is 7.15. The Morgan fingerprint density at radius 2 is 2.17 bits per heavy atom. The maximum atomic E-state index is 4.73. The quantitative estimate of drug-likeness (QED) is 0.601. The van der Waals surface area contributed by atoms with Gasteiger partial charge in [-0.2, -0.15) is 0 Å². The zero-order valence-corrected chi connectivity index (χ0v) is 14.2. The van der Waals surface area contributed by atoms with Gasteiger partial charge in [0.15, 0.2) is 4.96 Å². The number of nitrogens with one attached hydrogen (secondary N) is 2. The summed E-state index contributed by atoms with van der Waals surface area (Å²) in [5, 5.41) is 5.54. The van der Waals surface area contributed by atoms with Crippen molar-refractivity contribution in [2.75, 3.05) is 0 Å². The van der Waals surface area contributed by atoms with Gasteiger partial charge in [-0.1, -0.05) is 6.07 Å². The Bertz CT molecular complexity index is 949. The van der Waals surface area contributed by atoms with Crippen LogP contribution in [0.5, 0.6) is 0 Å². The first-order valence-corrected chi connectivity index (χ1v) is 8.60. The van der Waals surface area contributed by atoms with Crippen LogP contribution in [0.25, 0.3) is 16.0 Å². The summed E-state index contributed by atoms with van der Waals surface area (Å²) in [6.07, 6.45) is 4.11. The Labute approximate surface area is 138 Å². The van der Waals surface area contributed by atoms with Gasteiger partial charge in [0, 0.05) is 23.8 Å². The molecule has 0 aliphatic heterocycles. The van der Waals surface area contributed by atoms with Crippen LogP contribution in [-0.4, -0.2) is 19.4 Å². The molecule has 0 saturated carbocycles. The molecule has 3 heterocycles. The molecular weight excluding hydrogens is 306 g/mol. The second kappa shape index (κ2) is 5.47. The van der Waals surface area contributed by atoms with Crippen LogP contribution in [0, 0.1) is 13.8 Å². The molecule has 5 nitrogen and oxygen atoms in total. The van der Waals surface area contributed by atoms with Crippen LogP contribution < -0.4 is 5.32 Å². The molecule has 3 aromatic heterocycles. The van der Waals surface area contributed by atoms with Crippen molar-refractivity contribution in [1.82, 2.24) is 24.7 Å². The van der Waals surface area contributed by atoms with Gasteiger partial charge in [0.05, 0.1) is 23.3 Å². The maximum Gasteiger partial charge on any atom is 0.193 e. The summed E-state index contributed by atoms with van der Waals surface area (Å²) >= 11 is 1.65. The first kappa shape index (κ1) is 14.4. The Kier molecular flexibility index (Phi) is 3.43. The summed E-state index contributed by atoms with van der Waals surface area (Å²) in [6, 6.07) is 4.41. The third-order valence-corrected chi connectivity index (χ3v) is 5.13. The normalized spacial score (nSPS) is 13.2. The van der Waals surface area contributed by atoms with Crippen molar-refractivity contribution >= 4 is 27.3 Å². The number of hydrogen-bond acceptors (Lipinski definition) is 4. The molecular formula is C17H19N5S. The van der Waals surface area contributed by atoms with Crippen LogP contribution in [0.15, 0.2) is 29.9 Å². The molecule has 6 heteroatoms. The highest BCUT2D eigenvalue weighted by atomic mass is 32.1. The molecule has 0 aliphatic carbocycles.